The van der Waals surface area contributed by atoms with Crippen LogP contribution in [0.25, 0.3) is 0 Å². The minimum Gasteiger partial charge on any atom is -0.447 e. The Morgan fingerprint density at radius 2 is 2.08 bits per heavy atom. The zero-order chi connectivity index (χ0) is 9.03. The number of nitrogens with one attached hydrogen (secondary N) is 1. The number of hydrogen-bond acceptors (Lipinski definition) is 2. The second-order valence-corrected chi connectivity index (χ2v) is 2.97. The topological polar surface area (TPSA) is 38.3 Å². The third-order valence-corrected chi connectivity index (χ3v) is 1.92. The lowest BCUT2D eigenvalue weighted by Crippen LogP contribution is -2.42. The highest BCUT2D eigenvalue weighted by atomic mass is 16.6. The average Bonchev–Trinajstić information content (AvgIpc) is 2.34. The summed E-state index contributed by atoms with van der Waals surface area (Å²) in [4.78, 5) is 10.8. The molecule has 1 heterocycles. The van der Waals surface area contributed by atoms with Crippen molar-refractivity contribution in [3.8, 4) is 0 Å². The van der Waals surface area contributed by atoms with Crippen LogP contribution in [-0.4, -0.2) is 18.2 Å². The van der Waals surface area contributed by atoms with Gasteiger partial charge in [0.15, 0.2) is 0 Å². The van der Waals surface area contributed by atoms with Crippen molar-refractivity contribution in [2.45, 2.75) is 18.4 Å². The second-order valence-electron chi connectivity index (χ2n) is 2.97. The van der Waals surface area contributed by atoms with Crippen LogP contribution in [0.1, 0.15) is 12.8 Å². The summed E-state index contributed by atoms with van der Waals surface area (Å²) in [6.45, 7) is 7.68. The van der Waals surface area contributed by atoms with Gasteiger partial charge in [-0.15, -0.1) is 13.2 Å². The molecule has 1 saturated heterocycles. The maximum absolute atomic E-state index is 10.8. The van der Waals surface area contributed by atoms with E-state index in [-0.39, 0.29) is 11.6 Å². The quantitative estimate of drug-likeness (QED) is 0.646. The predicted octanol–water partition coefficient (Wildman–Crippen LogP) is 1.62. The molecule has 0 aromatic carbocycles. The van der Waals surface area contributed by atoms with Crippen LogP contribution in [0.15, 0.2) is 25.3 Å². The van der Waals surface area contributed by atoms with Crippen molar-refractivity contribution in [1.29, 1.82) is 0 Å². The Hall–Kier alpha value is -1.25. The van der Waals surface area contributed by atoms with Crippen LogP contribution >= 0.6 is 0 Å². The number of alkyl carbamates (subject to hydrolysis) is 1. The summed E-state index contributed by atoms with van der Waals surface area (Å²) in [7, 11) is 0. The van der Waals surface area contributed by atoms with E-state index in [1.54, 1.807) is 12.2 Å². The van der Waals surface area contributed by atoms with E-state index in [1.807, 2.05) is 0 Å². The number of ether oxygens (including phenoxy) is 1. The monoisotopic (exact) mass is 167 g/mol. The highest BCUT2D eigenvalue weighted by Crippen LogP contribution is 2.21. The lowest BCUT2D eigenvalue weighted by Gasteiger charge is -2.22. The molecule has 0 aliphatic carbocycles. The maximum Gasteiger partial charge on any atom is 0.407 e. The van der Waals surface area contributed by atoms with E-state index in [1.165, 1.54) is 0 Å². The van der Waals surface area contributed by atoms with Crippen molar-refractivity contribution in [3.63, 3.8) is 0 Å². The van der Waals surface area contributed by atoms with E-state index in [0.717, 1.165) is 0 Å². The van der Waals surface area contributed by atoms with Gasteiger partial charge in [0.05, 0.1) is 5.54 Å². The Labute approximate surface area is 72.1 Å². The van der Waals surface area contributed by atoms with Gasteiger partial charge in [-0.2, -0.15) is 0 Å². The molecule has 12 heavy (non-hydrogen) atoms. The van der Waals surface area contributed by atoms with E-state index in [4.69, 9.17) is 4.74 Å². The largest absolute Gasteiger partial charge is 0.447 e. The lowest BCUT2D eigenvalue weighted by molar-refractivity contribution is 0.172. The standard InChI is InChI=1S/C9H13NO2/c1-3-5-9(6-4-2)7-12-8(11)10-9/h3-4H,1-2,5-7H2,(H,10,11). The molecular formula is C9H13NO2. The first-order valence-corrected chi connectivity index (χ1v) is 3.89. The van der Waals surface area contributed by atoms with Gasteiger partial charge < -0.3 is 10.1 Å². The molecule has 0 unspecified atom stereocenters. The highest BCUT2D eigenvalue weighted by molar-refractivity contribution is 5.70. The molecule has 0 radical (unpaired) electrons. The van der Waals surface area contributed by atoms with E-state index < -0.39 is 0 Å². The molecule has 1 aliphatic rings. The summed E-state index contributed by atoms with van der Waals surface area (Å²) >= 11 is 0. The lowest BCUT2D eigenvalue weighted by atomic mass is 9.93. The highest BCUT2D eigenvalue weighted by Gasteiger charge is 2.36. The van der Waals surface area contributed by atoms with Crippen molar-refractivity contribution in [2.24, 2.45) is 0 Å². The minimum atomic E-state index is -0.348. The van der Waals surface area contributed by atoms with Crippen LogP contribution in [0.5, 0.6) is 0 Å². The molecule has 1 N–H and O–H groups in total. The number of amides is 1. The summed E-state index contributed by atoms with van der Waals surface area (Å²) in [5, 5.41) is 2.77. The molecule has 1 amide bonds. The number of hydrogen-bond donors (Lipinski definition) is 1. The normalized spacial score (nSPS) is 19.5. The van der Waals surface area contributed by atoms with Crippen molar-refractivity contribution < 1.29 is 9.53 Å². The van der Waals surface area contributed by atoms with Gasteiger partial charge in [0.25, 0.3) is 0 Å². The minimum absolute atomic E-state index is 0.291. The molecule has 66 valence electrons. The summed E-state index contributed by atoms with van der Waals surface area (Å²) in [5.74, 6) is 0. The van der Waals surface area contributed by atoms with Gasteiger partial charge in [0.2, 0.25) is 0 Å². The molecule has 1 aliphatic heterocycles. The Kier molecular flexibility index (Phi) is 2.53. The summed E-state index contributed by atoms with van der Waals surface area (Å²) in [6.07, 6.45) is 4.63. The van der Waals surface area contributed by atoms with Crippen molar-refractivity contribution in [3.05, 3.63) is 25.3 Å². The zero-order valence-corrected chi connectivity index (χ0v) is 7.01. The Morgan fingerprint density at radius 3 is 2.42 bits per heavy atom. The van der Waals surface area contributed by atoms with Crippen LogP contribution in [0.2, 0.25) is 0 Å². The first-order valence-electron chi connectivity index (χ1n) is 3.89. The molecule has 3 nitrogen and oxygen atoms in total. The summed E-state index contributed by atoms with van der Waals surface area (Å²) < 4.78 is 4.83. The van der Waals surface area contributed by atoms with Crippen LogP contribution in [0.4, 0.5) is 4.79 Å². The van der Waals surface area contributed by atoms with Gasteiger partial charge in [-0.25, -0.2) is 4.79 Å². The van der Waals surface area contributed by atoms with Crippen LogP contribution in [0.3, 0.4) is 0 Å². The van der Waals surface area contributed by atoms with Gasteiger partial charge in [0.1, 0.15) is 6.61 Å². The van der Waals surface area contributed by atoms with E-state index in [2.05, 4.69) is 18.5 Å². The van der Waals surface area contributed by atoms with E-state index in [9.17, 15) is 4.79 Å². The van der Waals surface area contributed by atoms with Gasteiger partial charge in [-0.3, -0.25) is 0 Å². The van der Waals surface area contributed by atoms with Crippen LogP contribution < -0.4 is 5.32 Å². The molecule has 0 saturated carbocycles. The van der Waals surface area contributed by atoms with Gasteiger partial charge in [-0.05, 0) is 12.8 Å². The van der Waals surface area contributed by atoms with Gasteiger partial charge in [-0.1, -0.05) is 12.2 Å². The Balaban J connectivity index is 2.65. The predicted molar refractivity (Wildman–Crippen MR) is 46.8 cm³/mol. The summed E-state index contributed by atoms with van der Waals surface area (Å²) in [6, 6.07) is 0. The summed E-state index contributed by atoms with van der Waals surface area (Å²) in [5.41, 5.74) is -0.291. The number of rotatable bonds is 4. The molecule has 1 fully saturated rings. The second kappa shape index (κ2) is 3.43. The van der Waals surface area contributed by atoms with E-state index in [0.29, 0.717) is 19.4 Å². The number of cyclic esters (lactones) is 1. The molecule has 3 heteroatoms. The molecule has 0 bridgehead atoms. The fourth-order valence-corrected chi connectivity index (χ4v) is 1.35. The third kappa shape index (κ3) is 1.67. The first-order chi connectivity index (χ1) is 5.72. The SMILES string of the molecule is C=CCC1(CC=C)COC(=O)N1. The maximum atomic E-state index is 10.8. The Morgan fingerprint density at radius 1 is 1.50 bits per heavy atom. The van der Waals surface area contributed by atoms with Crippen LogP contribution in [0, 0.1) is 0 Å². The number of carbonyl (C=O) groups excluding carboxylic acids is 1. The molecule has 0 spiro atoms. The molecule has 1 rings (SSSR count). The fraction of sp³-hybridized carbons (Fsp3) is 0.444. The smallest absolute Gasteiger partial charge is 0.407 e. The van der Waals surface area contributed by atoms with Crippen LogP contribution in [-0.2, 0) is 4.74 Å². The number of carbonyl (C=O) groups is 1. The van der Waals surface area contributed by atoms with E-state index >= 15 is 0 Å². The van der Waals surface area contributed by atoms with Crippen molar-refractivity contribution in [1.82, 2.24) is 5.32 Å². The van der Waals surface area contributed by atoms with Crippen molar-refractivity contribution in [2.75, 3.05) is 6.61 Å². The molecule has 0 aromatic rings. The van der Waals surface area contributed by atoms with Gasteiger partial charge in [0, 0.05) is 0 Å². The molecule has 0 atom stereocenters. The third-order valence-electron chi connectivity index (χ3n) is 1.92. The Bertz CT molecular complexity index is 201. The molecular weight excluding hydrogens is 154 g/mol. The van der Waals surface area contributed by atoms with Gasteiger partial charge >= 0.3 is 6.09 Å². The average molecular weight is 167 g/mol. The fourth-order valence-electron chi connectivity index (χ4n) is 1.35. The molecule has 0 aromatic heterocycles. The zero-order valence-electron chi connectivity index (χ0n) is 7.01. The first kappa shape index (κ1) is 8.84. The van der Waals surface area contributed by atoms with Crippen molar-refractivity contribution >= 4 is 6.09 Å².